The minimum absolute atomic E-state index is 0.290. The summed E-state index contributed by atoms with van der Waals surface area (Å²) in [6.45, 7) is 5.05. The zero-order valence-electron chi connectivity index (χ0n) is 16.1. The molecule has 8 heteroatoms. The van der Waals surface area contributed by atoms with E-state index in [4.69, 9.17) is 20.8 Å². The first kappa shape index (κ1) is 19.8. The van der Waals surface area contributed by atoms with Crippen molar-refractivity contribution >= 4 is 11.6 Å². The van der Waals surface area contributed by atoms with Gasteiger partial charge in [-0.3, -0.25) is 9.80 Å². The van der Waals surface area contributed by atoms with Crippen LogP contribution >= 0.6 is 11.6 Å². The Kier molecular flexibility index (Phi) is 6.08. The van der Waals surface area contributed by atoms with Crippen LogP contribution in [0.2, 0.25) is 5.02 Å². The topological polar surface area (TPSA) is 54.6 Å². The number of nitrogens with zero attached hydrogens (tertiary/aromatic N) is 4. The second kappa shape index (κ2) is 8.90. The molecule has 1 aromatic heterocycles. The van der Waals surface area contributed by atoms with Crippen LogP contribution in [-0.4, -0.2) is 53.3 Å². The van der Waals surface area contributed by atoms with E-state index < -0.39 is 0 Å². The molecule has 0 amide bonds. The largest absolute Gasteiger partial charge is 0.496 e. The first-order valence-electron chi connectivity index (χ1n) is 9.46. The minimum Gasteiger partial charge on any atom is -0.496 e. The molecule has 1 aliphatic heterocycles. The number of halogens is 2. The molecule has 1 saturated heterocycles. The molecule has 0 spiro atoms. The number of benzene rings is 2. The third kappa shape index (κ3) is 4.93. The average molecular weight is 417 g/mol. The van der Waals surface area contributed by atoms with E-state index >= 15 is 0 Å². The van der Waals surface area contributed by atoms with E-state index in [2.05, 4.69) is 20.0 Å². The molecule has 152 valence electrons. The van der Waals surface area contributed by atoms with E-state index in [0.29, 0.717) is 28.9 Å². The number of rotatable bonds is 6. The highest BCUT2D eigenvalue weighted by Crippen LogP contribution is 2.25. The summed E-state index contributed by atoms with van der Waals surface area (Å²) in [4.78, 5) is 4.66. The normalized spacial score (nSPS) is 15.6. The number of aromatic nitrogens is 2. The van der Waals surface area contributed by atoms with Crippen molar-refractivity contribution in [2.75, 3.05) is 33.3 Å². The van der Waals surface area contributed by atoms with E-state index in [0.717, 1.165) is 44.0 Å². The smallest absolute Gasteiger partial charge is 0.247 e. The molecule has 1 fully saturated rings. The fourth-order valence-electron chi connectivity index (χ4n) is 3.44. The summed E-state index contributed by atoms with van der Waals surface area (Å²) in [5, 5.41) is 8.92. The lowest BCUT2D eigenvalue weighted by Crippen LogP contribution is -2.45. The van der Waals surface area contributed by atoms with Crippen molar-refractivity contribution < 1.29 is 13.5 Å². The predicted molar refractivity (Wildman–Crippen MR) is 108 cm³/mol. The van der Waals surface area contributed by atoms with E-state index in [1.807, 2.05) is 18.2 Å². The molecule has 0 unspecified atom stereocenters. The first-order valence-corrected chi connectivity index (χ1v) is 9.84. The summed E-state index contributed by atoms with van der Waals surface area (Å²) >= 11 is 6.13. The van der Waals surface area contributed by atoms with Crippen LogP contribution in [0.3, 0.4) is 0 Å². The highest BCUT2D eigenvalue weighted by atomic mass is 35.5. The lowest BCUT2D eigenvalue weighted by Gasteiger charge is -2.34. The van der Waals surface area contributed by atoms with Gasteiger partial charge in [0, 0.05) is 48.9 Å². The summed E-state index contributed by atoms with van der Waals surface area (Å²) in [5.41, 5.74) is 1.81. The van der Waals surface area contributed by atoms with E-state index in [9.17, 15) is 4.39 Å². The summed E-state index contributed by atoms with van der Waals surface area (Å²) in [6.07, 6.45) is 0. The maximum absolute atomic E-state index is 13.1. The Morgan fingerprint density at radius 3 is 2.38 bits per heavy atom. The third-order valence-corrected chi connectivity index (χ3v) is 5.25. The molecule has 2 aromatic carbocycles. The van der Waals surface area contributed by atoms with Crippen LogP contribution in [0, 0.1) is 5.82 Å². The van der Waals surface area contributed by atoms with Gasteiger partial charge in [-0.25, -0.2) is 4.39 Å². The lowest BCUT2D eigenvalue weighted by atomic mass is 10.1. The number of ether oxygens (including phenoxy) is 1. The third-order valence-electron chi connectivity index (χ3n) is 5.02. The SMILES string of the molecule is COc1ccc(Cl)cc1CN1CCN(Cc2nnc(-c3ccc(F)cc3)o2)CC1. The molecule has 0 N–H and O–H groups in total. The zero-order valence-corrected chi connectivity index (χ0v) is 16.9. The van der Waals surface area contributed by atoms with Gasteiger partial charge in [0.25, 0.3) is 0 Å². The van der Waals surface area contributed by atoms with Crippen molar-refractivity contribution in [3.05, 3.63) is 64.8 Å². The molecule has 2 heterocycles. The van der Waals surface area contributed by atoms with Gasteiger partial charge in [-0.05, 0) is 42.5 Å². The van der Waals surface area contributed by atoms with Gasteiger partial charge in [-0.15, -0.1) is 10.2 Å². The average Bonchev–Trinajstić information content (AvgIpc) is 3.19. The Hall–Kier alpha value is -2.48. The molecular formula is C21H22ClFN4O2. The maximum atomic E-state index is 13.1. The Morgan fingerprint density at radius 2 is 1.69 bits per heavy atom. The van der Waals surface area contributed by atoms with E-state index in [-0.39, 0.29) is 5.82 Å². The standard InChI is InChI=1S/C21H22ClFN4O2/c1-28-19-7-4-17(22)12-16(19)13-26-8-10-27(11-9-26)14-20-24-25-21(29-20)15-2-5-18(23)6-3-15/h2-7,12H,8-11,13-14H2,1H3. The number of hydrogen-bond donors (Lipinski definition) is 0. The van der Waals surface area contributed by atoms with E-state index in [1.165, 1.54) is 12.1 Å². The molecule has 0 saturated carbocycles. The molecule has 29 heavy (non-hydrogen) atoms. The minimum atomic E-state index is -0.290. The fraction of sp³-hybridized carbons (Fsp3) is 0.333. The van der Waals surface area contributed by atoms with Crippen LogP contribution in [-0.2, 0) is 13.1 Å². The van der Waals surface area contributed by atoms with Crippen molar-refractivity contribution in [1.82, 2.24) is 20.0 Å². The van der Waals surface area contributed by atoms with Crippen molar-refractivity contribution in [2.45, 2.75) is 13.1 Å². The molecule has 1 aliphatic rings. The summed E-state index contributed by atoms with van der Waals surface area (Å²) in [5.74, 6) is 1.54. The van der Waals surface area contributed by atoms with E-state index in [1.54, 1.807) is 19.2 Å². The van der Waals surface area contributed by atoms with Gasteiger partial charge in [0.05, 0.1) is 13.7 Å². The Morgan fingerprint density at radius 1 is 1.00 bits per heavy atom. The molecule has 0 aliphatic carbocycles. The fourth-order valence-corrected chi connectivity index (χ4v) is 3.63. The van der Waals surface area contributed by atoms with Gasteiger partial charge in [-0.1, -0.05) is 11.6 Å². The second-order valence-electron chi connectivity index (χ2n) is 7.02. The Bertz CT molecular complexity index is 956. The van der Waals surface area contributed by atoms with Crippen molar-refractivity contribution in [1.29, 1.82) is 0 Å². The number of piperazine rings is 1. The van der Waals surface area contributed by atoms with Gasteiger partial charge in [0.1, 0.15) is 11.6 Å². The van der Waals surface area contributed by atoms with Crippen LogP contribution in [0.25, 0.3) is 11.5 Å². The highest BCUT2D eigenvalue weighted by molar-refractivity contribution is 6.30. The molecule has 3 aromatic rings. The van der Waals surface area contributed by atoms with Gasteiger partial charge < -0.3 is 9.15 Å². The molecule has 4 rings (SSSR count). The van der Waals surface area contributed by atoms with Gasteiger partial charge in [-0.2, -0.15) is 0 Å². The lowest BCUT2D eigenvalue weighted by molar-refractivity contribution is 0.114. The molecule has 0 radical (unpaired) electrons. The van der Waals surface area contributed by atoms with Crippen LogP contribution in [0.4, 0.5) is 4.39 Å². The van der Waals surface area contributed by atoms with Gasteiger partial charge in [0.2, 0.25) is 11.8 Å². The summed E-state index contributed by atoms with van der Waals surface area (Å²) < 4.78 is 24.2. The predicted octanol–water partition coefficient (Wildman–Crippen LogP) is 3.86. The Balaban J connectivity index is 1.31. The van der Waals surface area contributed by atoms with Crippen LogP contribution in [0.15, 0.2) is 46.9 Å². The quantitative estimate of drug-likeness (QED) is 0.608. The van der Waals surface area contributed by atoms with Crippen molar-refractivity contribution in [2.24, 2.45) is 0 Å². The molecule has 6 nitrogen and oxygen atoms in total. The van der Waals surface area contributed by atoms with Crippen LogP contribution < -0.4 is 4.74 Å². The van der Waals surface area contributed by atoms with Crippen molar-refractivity contribution in [3.63, 3.8) is 0 Å². The van der Waals surface area contributed by atoms with Gasteiger partial charge in [0.15, 0.2) is 0 Å². The number of hydrogen-bond acceptors (Lipinski definition) is 6. The number of methoxy groups -OCH3 is 1. The zero-order chi connectivity index (χ0) is 20.2. The monoisotopic (exact) mass is 416 g/mol. The summed E-state index contributed by atoms with van der Waals surface area (Å²) in [7, 11) is 1.68. The molecule has 0 bridgehead atoms. The molecular weight excluding hydrogens is 395 g/mol. The second-order valence-corrected chi connectivity index (χ2v) is 7.45. The van der Waals surface area contributed by atoms with Crippen molar-refractivity contribution in [3.8, 4) is 17.2 Å². The highest BCUT2D eigenvalue weighted by Gasteiger charge is 2.20. The Labute approximate surface area is 173 Å². The van der Waals surface area contributed by atoms with Crippen LogP contribution in [0.1, 0.15) is 11.5 Å². The maximum Gasteiger partial charge on any atom is 0.247 e. The van der Waals surface area contributed by atoms with Crippen LogP contribution in [0.5, 0.6) is 5.75 Å². The molecule has 0 atom stereocenters. The summed E-state index contributed by atoms with van der Waals surface area (Å²) in [6, 6.07) is 11.7. The van der Waals surface area contributed by atoms with Gasteiger partial charge >= 0.3 is 0 Å². The first-order chi connectivity index (χ1) is 14.1.